The quantitative estimate of drug-likeness (QED) is 0.309. The Morgan fingerprint density at radius 1 is 1.06 bits per heavy atom. The van der Waals surface area contributed by atoms with E-state index in [2.05, 4.69) is 0 Å². The van der Waals surface area contributed by atoms with Gasteiger partial charge in [-0.25, -0.2) is 0 Å². The van der Waals surface area contributed by atoms with E-state index in [9.17, 15) is 14.7 Å². The van der Waals surface area contributed by atoms with Crippen molar-refractivity contribution in [3.8, 4) is 5.75 Å². The molecule has 2 aliphatic rings. The molecule has 0 aromatic heterocycles. The van der Waals surface area contributed by atoms with E-state index in [1.165, 1.54) is 0 Å². The van der Waals surface area contributed by atoms with Crippen LogP contribution in [0, 0.1) is 0 Å². The van der Waals surface area contributed by atoms with Crippen molar-refractivity contribution in [2.45, 2.75) is 31.9 Å². The maximum absolute atomic E-state index is 13.2. The van der Waals surface area contributed by atoms with Crippen LogP contribution >= 0.6 is 11.6 Å². The molecule has 34 heavy (non-hydrogen) atoms. The minimum atomic E-state index is -0.704. The summed E-state index contributed by atoms with van der Waals surface area (Å²) in [6.45, 7) is 2.33. The van der Waals surface area contributed by atoms with Crippen molar-refractivity contribution in [2.75, 3.05) is 6.54 Å². The van der Waals surface area contributed by atoms with Gasteiger partial charge in [0.2, 0.25) is 0 Å². The van der Waals surface area contributed by atoms with Crippen LogP contribution < -0.4 is 4.74 Å². The normalized spacial score (nSPS) is 20.9. The van der Waals surface area contributed by atoms with Crippen molar-refractivity contribution < 1.29 is 19.4 Å². The fourth-order valence-corrected chi connectivity index (χ4v) is 4.85. The molecule has 5 nitrogen and oxygen atoms in total. The number of rotatable bonds is 5. The van der Waals surface area contributed by atoms with Crippen molar-refractivity contribution in [2.24, 2.45) is 0 Å². The zero-order valence-corrected chi connectivity index (χ0v) is 19.5. The van der Waals surface area contributed by atoms with Gasteiger partial charge >= 0.3 is 0 Å². The molecule has 0 aliphatic carbocycles. The first kappa shape index (κ1) is 22.2. The number of likely N-dealkylation sites (tertiary alicyclic amines) is 1. The van der Waals surface area contributed by atoms with Crippen molar-refractivity contribution in [3.05, 3.63) is 106 Å². The maximum atomic E-state index is 13.2. The van der Waals surface area contributed by atoms with Gasteiger partial charge in [-0.1, -0.05) is 54.1 Å². The SMILES string of the molecule is C[C@H]1Cc2cc(/C(O)=C3\C(=O)C(=O)N(CCc4ccccc4)[C@H]3c3ccc(Cl)cc3)ccc2O1. The van der Waals surface area contributed by atoms with Crippen LogP contribution in [-0.2, 0) is 22.4 Å². The summed E-state index contributed by atoms with van der Waals surface area (Å²) in [5, 5.41) is 11.9. The van der Waals surface area contributed by atoms with Gasteiger partial charge in [0.15, 0.2) is 0 Å². The second kappa shape index (κ2) is 8.99. The van der Waals surface area contributed by atoms with E-state index < -0.39 is 17.7 Å². The number of benzene rings is 3. The number of aliphatic hydroxyl groups is 1. The molecule has 1 N–H and O–H groups in total. The first-order valence-corrected chi connectivity index (χ1v) is 11.7. The van der Waals surface area contributed by atoms with Crippen LogP contribution in [-0.4, -0.2) is 34.3 Å². The summed E-state index contributed by atoms with van der Waals surface area (Å²) >= 11 is 6.09. The lowest BCUT2D eigenvalue weighted by Crippen LogP contribution is -2.31. The molecular formula is C28H24ClNO4. The molecule has 2 aliphatic heterocycles. The van der Waals surface area contributed by atoms with Crippen LogP contribution in [0.4, 0.5) is 0 Å². The highest BCUT2D eigenvalue weighted by atomic mass is 35.5. The number of Topliss-reactive ketones (excluding diaryl/α,β-unsaturated/α-hetero) is 1. The number of nitrogens with zero attached hydrogens (tertiary/aromatic N) is 1. The van der Waals surface area contributed by atoms with Gasteiger partial charge in [0.05, 0.1) is 11.6 Å². The third kappa shape index (κ3) is 4.08. The predicted molar refractivity (Wildman–Crippen MR) is 131 cm³/mol. The standard InChI is InChI=1S/C28H24ClNO4/c1-17-15-21-16-20(9-12-23(21)34-17)26(31)24-25(19-7-10-22(29)11-8-19)30(28(33)27(24)32)14-13-18-5-3-2-4-6-18/h2-12,16-17,25,31H,13-15H2,1H3/b26-24+/t17-,25-/m0/s1. The summed E-state index contributed by atoms with van der Waals surface area (Å²) in [7, 11) is 0. The summed E-state index contributed by atoms with van der Waals surface area (Å²) in [6.07, 6.45) is 1.37. The van der Waals surface area contributed by atoms with E-state index in [1.807, 2.05) is 43.3 Å². The Morgan fingerprint density at radius 2 is 1.79 bits per heavy atom. The molecular weight excluding hydrogens is 450 g/mol. The van der Waals surface area contributed by atoms with Gasteiger partial charge in [-0.05, 0) is 60.4 Å². The third-order valence-corrected chi connectivity index (χ3v) is 6.63. The fraction of sp³-hybridized carbons (Fsp3) is 0.214. The fourth-order valence-electron chi connectivity index (χ4n) is 4.72. The number of carbonyl (C=O) groups is 2. The molecule has 3 aromatic carbocycles. The maximum Gasteiger partial charge on any atom is 0.295 e. The number of fused-ring (bicyclic) bond motifs is 1. The van der Waals surface area contributed by atoms with Crippen LogP contribution in [0.5, 0.6) is 5.75 Å². The highest BCUT2D eigenvalue weighted by Crippen LogP contribution is 2.41. The summed E-state index contributed by atoms with van der Waals surface area (Å²) in [5.74, 6) is -0.698. The highest BCUT2D eigenvalue weighted by molar-refractivity contribution is 6.46. The average Bonchev–Trinajstić information content (AvgIpc) is 3.34. The van der Waals surface area contributed by atoms with Crippen molar-refractivity contribution in [1.29, 1.82) is 0 Å². The molecule has 3 aromatic rings. The van der Waals surface area contributed by atoms with E-state index in [0.717, 1.165) is 28.9 Å². The molecule has 1 saturated heterocycles. The summed E-state index contributed by atoms with van der Waals surface area (Å²) in [6, 6.07) is 21.5. The number of carbonyl (C=O) groups excluding carboxylic acids is 2. The Labute approximate surface area is 203 Å². The second-order valence-corrected chi connectivity index (χ2v) is 9.17. The molecule has 2 atom stereocenters. The number of aliphatic hydroxyl groups excluding tert-OH is 1. The number of ether oxygens (including phenoxy) is 1. The lowest BCUT2D eigenvalue weighted by molar-refractivity contribution is -0.139. The van der Waals surface area contributed by atoms with E-state index in [1.54, 1.807) is 41.3 Å². The molecule has 0 radical (unpaired) electrons. The Bertz CT molecular complexity index is 1280. The summed E-state index contributed by atoms with van der Waals surface area (Å²) in [5.41, 5.74) is 3.34. The molecule has 6 heteroatoms. The number of ketones is 1. The average molecular weight is 474 g/mol. The number of hydrogen-bond acceptors (Lipinski definition) is 4. The largest absolute Gasteiger partial charge is 0.507 e. The van der Waals surface area contributed by atoms with Crippen LogP contribution in [0.1, 0.15) is 35.2 Å². The molecule has 0 bridgehead atoms. The molecule has 1 fully saturated rings. The molecule has 1 amide bonds. The number of hydrogen-bond donors (Lipinski definition) is 1. The second-order valence-electron chi connectivity index (χ2n) is 8.73. The van der Waals surface area contributed by atoms with Crippen molar-refractivity contribution in [1.82, 2.24) is 4.90 Å². The van der Waals surface area contributed by atoms with Crippen LogP contribution in [0.3, 0.4) is 0 Å². The first-order valence-electron chi connectivity index (χ1n) is 11.3. The number of halogens is 1. The van der Waals surface area contributed by atoms with Gasteiger partial charge in [-0.2, -0.15) is 0 Å². The minimum absolute atomic E-state index is 0.0602. The lowest BCUT2D eigenvalue weighted by atomic mass is 9.94. The Balaban J connectivity index is 1.57. The molecule has 2 heterocycles. The van der Waals surface area contributed by atoms with Gasteiger partial charge < -0.3 is 14.7 Å². The van der Waals surface area contributed by atoms with Crippen LogP contribution in [0.15, 0.2) is 78.4 Å². The van der Waals surface area contributed by atoms with Crippen molar-refractivity contribution in [3.63, 3.8) is 0 Å². The Hall–Kier alpha value is -3.57. The van der Waals surface area contributed by atoms with E-state index in [4.69, 9.17) is 16.3 Å². The molecule has 172 valence electrons. The molecule has 5 rings (SSSR count). The van der Waals surface area contributed by atoms with Gasteiger partial charge in [0.25, 0.3) is 11.7 Å². The monoisotopic (exact) mass is 473 g/mol. The Morgan fingerprint density at radius 3 is 2.53 bits per heavy atom. The summed E-state index contributed by atoms with van der Waals surface area (Å²) < 4.78 is 5.76. The van der Waals surface area contributed by atoms with Gasteiger partial charge in [-0.3, -0.25) is 9.59 Å². The zero-order valence-electron chi connectivity index (χ0n) is 18.7. The van der Waals surface area contributed by atoms with Gasteiger partial charge in [0, 0.05) is 23.6 Å². The first-order chi connectivity index (χ1) is 16.4. The van der Waals surface area contributed by atoms with Crippen LogP contribution in [0.25, 0.3) is 5.76 Å². The highest BCUT2D eigenvalue weighted by Gasteiger charge is 2.45. The molecule has 0 spiro atoms. The summed E-state index contributed by atoms with van der Waals surface area (Å²) in [4.78, 5) is 27.9. The van der Waals surface area contributed by atoms with E-state index in [0.29, 0.717) is 23.6 Å². The van der Waals surface area contributed by atoms with Crippen LogP contribution in [0.2, 0.25) is 5.02 Å². The molecule has 0 saturated carbocycles. The lowest BCUT2D eigenvalue weighted by Gasteiger charge is -2.25. The van der Waals surface area contributed by atoms with Gasteiger partial charge in [0.1, 0.15) is 17.6 Å². The zero-order chi connectivity index (χ0) is 23.8. The smallest absolute Gasteiger partial charge is 0.295 e. The van der Waals surface area contributed by atoms with E-state index in [-0.39, 0.29) is 17.4 Å². The van der Waals surface area contributed by atoms with E-state index >= 15 is 0 Å². The number of amides is 1. The Kier molecular flexibility index (Phi) is 5.88. The topological polar surface area (TPSA) is 66.8 Å². The van der Waals surface area contributed by atoms with Gasteiger partial charge in [-0.15, -0.1) is 0 Å². The minimum Gasteiger partial charge on any atom is -0.507 e. The third-order valence-electron chi connectivity index (χ3n) is 6.38. The molecule has 0 unspecified atom stereocenters. The van der Waals surface area contributed by atoms with Crippen molar-refractivity contribution >= 4 is 29.1 Å². The predicted octanol–water partition coefficient (Wildman–Crippen LogP) is 5.33.